The topological polar surface area (TPSA) is 34.0 Å². The van der Waals surface area contributed by atoms with Crippen molar-refractivity contribution in [2.75, 3.05) is 11.4 Å². The van der Waals surface area contributed by atoms with E-state index in [0.29, 0.717) is 11.1 Å². The molecule has 5 rings (SSSR count). The van der Waals surface area contributed by atoms with Crippen molar-refractivity contribution >= 4 is 58.5 Å². The van der Waals surface area contributed by atoms with Crippen LogP contribution in [0.3, 0.4) is 0 Å². The Labute approximate surface area is 216 Å². The summed E-state index contributed by atoms with van der Waals surface area (Å²) in [6.07, 6.45) is 3.02. The average Bonchev–Trinajstić information content (AvgIpc) is 3.15. The van der Waals surface area contributed by atoms with Crippen molar-refractivity contribution in [3.05, 3.63) is 75.7 Å². The molecule has 4 aromatic rings. The highest BCUT2D eigenvalue weighted by Crippen LogP contribution is 2.37. The number of benzene rings is 2. The van der Waals surface area contributed by atoms with Gasteiger partial charge in [0.1, 0.15) is 5.15 Å². The van der Waals surface area contributed by atoms with Gasteiger partial charge in [-0.1, -0.05) is 49.7 Å². The number of aryl methyl sites for hydroxylation is 2. The van der Waals surface area contributed by atoms with Crippen molar-refractivity contribution in [2.24, 2.45) is 0 Å². The van der Waals surface area contributed by atoms with Crippen molar-refractivity contribution in [3.8, 4) is 11.4 Å². The van der Waals surface area contributed by atoms with Gasteiger partial charge in [0, 0.05) is 78.2 Å². The quantitative estimate of drug-likeness (QED) is 0.179. The summed E-state index contributed by atoms with van der Waals surface area (Å²) >= 11 is 9.12. The summed E-state index contributed by atoms with van der Waals surface area (Å²) in [5.74, 6) is 1.22. The second-order valence-corrected chi connectivity index (χ2v) is 11.1. The summed E-state index contributed by atoms with van der Waals surface area (Å²) in [7, 11) is 1.67. The van der Waals surface area contributed by atoms with Gasteiger partial charge in [-0.05, 0) is 48.6 Å². The lowest BCUT2D eigenvalue weighted by molar-refractivity contribution is 0.704. The van der Waals surface area contributed by atoms with Crippen LogP contribution in [0.15, 0.2) is 42.6 Å². The number of fused-ring (bicyclic) bond motifs is 2. The predicted molar refractivity (Wildman–Crippen MR) is 150 cm³/mol. The maximum absolute atomic E-state index is 6.81. The van der Waals surface area contributed by atoms with Gasteiger partial charge in [-0.2, -0.15) is 0 Å². The maximum Gasteiger partial charge on any atom is 0.161 e. The van der Waals surface area contributed by atoms with Crippen molar-refractivity contribution in [3.63, 3.8) is 0 Å². The number of hydrogen-bond donors (Lipinski definition) is 0. The van der Waals surface area contributed by atoms with Gasteiger partial charge in [0.25, 0.3) is 0 Å². The molecule has 0 radical (unpaired) electrons. The number of anilines is 1. The van der Waals surface area contributed by atoms with Gasteiger partial charge < -0.3 is 4.90 Å². The molecule has 33 heavy (non-hydrogen) atoms. The molecule has 0 saturated heterocycles. The molecule has 0 fully saturated rings. The summed E-state index contributed by atoms with van der Waals surface area (Å²) in [6, 6.07) is 13.1. The smallest absolute Gasteiger partial charge is 0.161 e. The first kappa shape index (κ1) is 23.0. The average molecular weight is 589 g/mol. The van der Waals surface area contributed by atoms with Crippen LogP contribution in [-0.4, -0.2) is 20.5 Å². The molecule has 0 N–H and O–H groups in total. The third kappa shape index (κ3) is 4.15. The largest absolute Gasteiger partial charge is 0.366 e. The van der Waals surface area contributed by atoms with Gasteiger partial charge in [0.05, 0.1) is 11.2 Å². The molecule has 0 bridgehead atoms. The fraction of sp³-hybridized carbons (Fsp3) is 0.308. The van der Waals surface area contributed by atoms with Gasteiger partial charge in [0.2, 0.25) is 0 Å². The SMILES string of the molecule is Cc1ccc(C(C)C)cc1N1CCc2nc(-c3cccc4c3c(C)cn4SI)nc(Cl)c2C1. The molecular weight excluding hydrogens is 563 g/mol. The fourth-order valence-corrected chi connectivity index (χ4v) is 6.37. The lowest BCUT2D eigenvalue weighted by atomic mass is 9.98. The van der Waals surface area contributed by atoms with E-state index in [9.17, 15) is 0 Å². The molecule has 170 valence electrons. The van der Waals surface area contributed by atoms with Crippen molar-refractivity contribution in [2.45, 2.75) is 46.6 Å². The molecule has 0 spiro atoms. The minimum atomic E-state index is 0.502. The Hall–Kier alpha value is -1.77. The molecule has 1 aliphatic heterocycles. The van der Waals surface area contributed by atoms with Crippen LogP contribution in [0.25, 0.3) is 22.3 Å². The van der Waals surface area contributed by atoms with Crippen molar-refractivity contribution in [1.29, 1.82) is 0 Å². The van der Waals surface area contributed by atoms with Crippen LogP contribution in [0.2, 0.25) is 5.15 Å². The number of halogens is 2. The molecule has 0 unspecified atom stereocenters. The van der Waals surface area contributed by atoms with Gasteiger partial charge in [-0.25, -0.2) is 9.97 Å². The standard InChI is InChI=1S/C26H26ClIN4S/c1-15(2)18-9-8-16(3)23(12-18)31-11-10-21-20(14-31)25(27)30-26(29-21)19-6-5-7-22-24(19)17(4)13-32(22)33-28/h5-9,12-13,15H,10-11,14H2,1-4H3. The van der Waals surface area contributed by atoms with Crippen LogP contribution in [-0.2, 0) is 13.0 Å². The van der Waals surface area contributed by atoms with E-state index in [1.807, 2.05) is 0 Å². The Balaban J connectivity index is 1.54. The lowest BCUT2D eigenvalue weighted by Gasteiger charge is -2.32. The lowest BCUT2D eigenvalue weighted by Crippen LogP contribution is -2.32. The molecule has 0 aliphatic carbocycles. The van der Waals surface area contributed by atoms with Crippen LogP contribution in [0.5, 0.6) is 0 Å². The first-order valence-corrected chi connectivity index (χ1v) is 14.9. The number of nitrogens with zero attached hydrogens (tertiary/aromatic N) is 4. The Kier molecular flexibility index (Phi) is 6.35. The molecule has 2 aromatic carbocycles. The molecule has 7 heteroatoms. The van der Waals surface area contributed by atoms with Gasteiger partial charge >= 0.3 is 0 Å². The zero-order chi connectivity index (χ0) is 23.3. The molecule has 0 saturated carbocycles. The number of rotatable bonds is 4. The first-order valence-electron chi connectivity index (χ1n) is 11.2. The van der Waals surface area contributed by atoms with Crippen molar-refractivity contribution in [1.82, 2.24) is 13.9 Å². The van der Waals surface area contributed by atoms with E-state index in [-0.39, 0.29) is 0 Å². The van der Waals surface area contributed by atoms with Gasteiger partial charge in [0.15, 0.2) is 5.82 Å². The monoisotopic (exact) mass is 588 g/mol. The Bertz CT molecular complexity index is 1360. The van der Waals surface area contributed by atoms with Crippen LogP contribution < -0.4 is 4.90 Å². The molecule has 3 heterocycles. The van der Waals surface area contributed by atoms with E-state index in [2.05, 4.69) is 100 Å². The number of aromatic nitrogens is 3. The minimum absolute atomic E-state index is 0.502. The van der Waals surface area contributed by atoms with E-state index < -0.39 is 0 Å². The Morgan fingerprint density at radius 2 is 1.91 bits per heavy atom. The van der Waals surface area contributed by atoms with Crippen LogP contribution in [0.1, 0.15) is 47.7 Å². The summed E-state index contributed by atoms with van der Waals surface area (Å²) in [6.45, 7) is 10.5. The minimum Gasteiger partial charge on any atom is -0.366 e. The highest BCUT2D eigenvalue weighted by Gasteiger charge is 2.24. The molecule has 2 aromatic heterocycles. The first-order chi connectivity index (χ1) is 15.9. The third-order valence-corrected chi connectivity index (χ3v) is 8.59. The van der Waals surface area contributed by atoms with E-state index in [1.54, 1.807) is 9.12 Å². The fourth-order valence-electron chi connectivity index (χ4n) is 4.72. The molecular formula is C26H26ClIN4S. The van der Waals surface area contributed by atoms with E-state index >= 15 is 0 Å². The predicted octanol–water partition coefficient (Wildman–Crippen LogP) is 7.90. The normalized spacial score (nSPS) is 13.7. The maximum atomic E-state index is 6.81. The second kappa shape index (κ2) is 9.12. The van der Waals surface area contributed by atoms with Crippen molar-refractivity contribution < 1.29 is 0 Å². The Morgan fingerprint density at radius 1 is 1.09 bits per heavy atom. The van der Waals surface area contributed by atoms with E-state index in [4.69, 9.17) is 21.6 Å². The summed E-state index contributed by atoms with van der Waals surface area (Å²) in [4.78, 5) is 12.2. The molecule has 0 amide bonds. The number of hydrogen-bond acceptors (Lipinski definition) is 4. The van der Waals surface area contributed by atoms with E-state index in [0.717, 1.165) is 42.2 Å². The van der Waals surface area contributed by atoms with Crippen LogP contribution >= 0.6 is 41.9 Å². The molecule has 0 atom stereocenters. The second-order valence-electron chi connectivity index (χ2n) is 9.04. The third-order valence-electron chi connectivity index (χ3n) is 6.55. The zero-order valence-electron chi connectivity index (χ0n) is 19.2. The van der Waals surface area contributed by atoms with Crippen LogP contribution in [0.4, 0.5) is 5.69 Å². The molecule has 1 aliphatic rings. The highest BCUT2D eigenvalue weighted by atomic mass is 127. The zero-order valence-corrected chi connectivity index (χ0v) is 22.9. The van der Waals surface area contributed by atoms with Gasteiger partial charge in [-0.15, -0.1) is 0 Å². The van der Waals surface area contributed by atoms with Crippen LogP contribution in [0, 0.1) is 13.8 Å². The summed E-state index contributed by atoms with van der Waals surface area (Å²) < 4.78 is 2.18. The van der Waals surface area contributed by atoms with E-state index in [1.165, 1.54) is 33.3 Å². The highest BCUT2D eigenvalue weighted by molar-refractivity contribution is 14.2. The Morgan fingerprint density at radius 3 is 2.67 bits per heavy atom. The summed E-state index contributed by atoms with van der Waals surface area (Å²) in [5.41, 5.74) is 9.48. The molecule has 4 nitrogen and oxygen atoms in total. The summed E-state index contributed by atoms with van der Waals surface area (Å²) in [5, 5.41) is 1.76. The van der Waals surface area contributed by atoms with Gasteiger partial charge in [-0.3, -0.25) is 3.97 Å².